The van der Waals surface area contributed by atoms with E-state index in [4.69, 9.17) is 16.7 Å². The zero-order valence-electron chi connectivity index (χ0n) is 8.56. The van der Waals surface area contributed by atoms with Crippen LogP contribution in [0.25, 0.3) is 10.8 Å². The molecular weight excluding hydrogens is 224 g/mol. The molecule has 0 radical (unpaired) electrons. The average molecular weight is 235 g/mol. The molecule has 0 fully saturated rings. The van der Waals surface area contributed by atoms with Crippen molar-refractivity contribution in [3.8, 4) is 0 Å². The number of aliphatic carboxylic acids is 1. The first-order chi connectivity index (χ1) is 7.68. The Hall–Kier alpha value is -1.54. The van der Waals surface area contributed by atoms with E-state index in [1.54, 1.807) is 0 Å². The molecule has 0 aliphatic heterocycles. The van der Waals surface area contributed by atoms with Crippen LogP contribution < -0.4 is 0 Å². The third kappa shape index (κ3) is 2.17. The van der Waals surface area contributed by atoms with E-state index < -0.39 is 11.3 Å². The SMILES string of the molecule is O=C(O)C(Cl)Cc1cccc2ccccc12. The first kappa shape index (κ1) is 11.0. The van der Waals surface area contributed by atoms with E-state index in [-0.39, 0.29) is 0 Å². The van der Waals surface area contributed by atoms with E-state index in [2.05, 4.69) is 0 Å². The maximum atomic E-state index is 10.7. The van der Waals surface area contributed by atoms with Crippen LogP contribution in [0, 0.1) is 0 Å². The number of hydrogen-bond donors (Lipinski definition) is 1. The van der Waals surface area contributed by atoms with Gasteiger partial charge >= 0.3 is 5.97 Å². The highest BCUT2D eigenvalue weighted by Gasteiger charge is 2.15. The van der Waals surface area contributed by atoms with Crippen LogP contribution in [-0.4, -0.2) is 16.5 Å². The predicted octanol–water partition coefficient (Wildman–Crippen LogP) is 3.07. The summed E-state index contributed by atoms with van der Waals surface area (Å²) in [6.45, 7) is 0. The molecule has 1 N–H and O–H groups in total. The van der Waals surface area contributed by atoms with Crippen LogP contribution in [0.5, 0.6) is 0 Å². The lowest BCUT2D eigenvalue weighted by Gasteiger charge is -2.08. The number of fused-ring (bicyclic) bond motifs is 1. The van der Waals surface area contributed by atoms with Crippen molar-refractivity contribution in [1.29, 1.82) is 0 Å². The number of benzene rings is 2. The Morgan fingerprint density at radius 1 is 1.19 bits per heavy atom. The summed E-state index contributed by atoms with van der Waals surface area (Å²) >= 11 is 5.75. The van der Waals surface area contributed by atoms with Gasteiger partial charge in [-0.3, -0.25) is 4.79 Å². The fourth-order valence-corrected chi connectivity index (χ4v) is 1.92. The Balaban J connectivity index is 2.41. The van der Waals surface area contributed by atoms with Crippen LogP contribution in [0.15, 0.2) is 42.5 Å². The Bertz CT molecular complexity index is 517. The number of carboxylic acids is 1. The number of hydrogen-bond acceptors (Lipinski definition) is 1. The second-order valence-electron chi connectivity index (χ2n) is 3.65. The van der Waals surface area contributed by atoms with Crippen LogP contribution in [0.3, 0.4) is 0 Å². The third-order valence-corrected chi connectivity index (χ3v) is 2.89. The summed E-state index contributed by atoms with van der Waals surface area (Å²) in [5, 5.41) is 10.1. The number of carboxylic acid groups (broad SMARTS) is 1. The fourth-order valence-electron chi connectivity index (χ4n) is 1.75. The highest BCUT2D eigenvalue weighted by atomic mass is 35.5. The smallest absolute Gasteiger partial charge is 0.321 e. The Kier molecular flexibility index (Phi) is 3.11. The molecule has 0 aromatic heterocycles. The predicted molar refractivity (Wildman–Crippen MR) is 64.9 cm³/mol. The molecule has 2 rings (SSSR count). The van der Waals surface area contributed by atoms with Gasteiger partial charge in [-0.25, -0.2) is 0 Å². The molecule has 1 unspecified atom stereocenters. The minimum atomic E-state index is -0.977. The first-order valence-corrected chi connectivity index (χ1v) is 5.45. The van der Waals surface area contributed by atoms with Gasteiger partial charge in [-0.05, 0) is 16.3 Å². The molecule has 0 spiro atoms. The van der Waals surface area contributed by atoms with E-state index >= 15 is 0 Å². The normalized spacial score (nSPS) is 12.6. The summed E-state index contributed by atoms with van der Waals surface area (Å²) in [5.41, 5.74) is 0.973. The standard InChI is InChI=1S/C13H11ClO2/c14-12(13(15)16)8-10-6-3-5-9-4-1-2-7-11(9)10/h1-7,12H,8H2,(H,15,16). The Labute approximate surface area is 98.5 Å². The molecule has 3 heteroatoms. The van der Waals surface area contributed by atoms with Gasteiger partial charge in [0.05, 0.1) is 0 Å². The first-order valence-electron chi connectivity index (χ1n) is 5.02. The molecule has 0 bridgehead atoms. The minimum absolute atomic E-state index is 0.345. The molecule has 2 nitrogen and oxygen atoms in total. The largest absolute Gasteiger partial charge is 0.480 e. The van der Waals surface area contributed by atoms with E-state index in [9.17, 15) is 4.79 Å². The summed E-state index contributed by atoms with van der Waals surface area (Å²) in [6, 6.07) is 13.7. The second kappa shape index (κ2) is 4.54. The molecule has 0 aliphatic carbocycles. The van der Waals surface area contributed by atoms with Crippen LogP contribution >= 0.6 is 11.6 Å². The molecule has 0 saturated heterocycles. The molecule has 1 atom stereocenters. The van der Waals surface area contributed by atoms with Crippen molar-refractivity contribution in [3.05, 3.63) is 48.0 Å². The van der Waals surface area contributed by atoms with Gasteiger partial charge in [0.2, 0.25) is 0 Å². The molecule has 82 valence electrons. The van der Waals surface area contributed by atoms with Crippen molar-refractivity contribution >= 4 is 28.3 Å². The summed E-state index contributed by atoms with van der Waals surface area (Å²) in [5.74, 6) is -0.977. The molecule has 0 heterocycles. The van der Waals surface area contributed by atoms with Gasteiger partial charge in [-0.15, -0.1) is 11.6 Å². The molecule has 0 saturated carbocycles. The van der Waals surface area contributed by atoms with E-state index in [1.807, 2.05) is 42.5 Å². The maximum Gasteiger partial charge on any atom is 0.321 e. The monoisotopic (exact) mass is 234 g/mol. The molecule has 2 aromatic rings. The summed E-state index contributed by atoms with van der Waals surface area (Å²) < 4.78 is 0. The van der Waals surface area contributed by atoms with Crippen LogP contribution in [0.2, 0.25) is 0 Å². The zero-order chi connectivity index (χ0) is 11.5. The van der Waals surface area contributed by atoms with Crippen LogP contribution in [0.4, 0.5) is 0 Å². The van der Waals surface area contributed by atoms with Gasteiger partial charge < -0.3 is 5.11 Å². The number of halogens is 1. The van der Waals surface area contributed by atoms with E-state index in [0.29, 0.717) is 6.42 Å². The lowest BCUT2D eigenvalue weighted by Crippen LogP contribution is -2.16. The van der Waals surface area contributed by atoms with E-state index in [0.717, 1.165) is 16.3 Å². The van der Waals surface area contributed by atoms with Crippen molar-refractivity contribution in [2.75, 3.05) is 0 Å². The highest BCUT2D eigenvalue weighted by molar-refractivity contribution is 6.29. The summed E-state index contributed by atoms with van der Waals surface area (Å²) in [7, 11) is 0. The van der Waals surface area contributed by atoms with Crippen molar-refractivity contribution in [1.82, 2.24) is 0 Å². The Morgan fingerprint density at radius 3 is 2.62 bits per heavy atom. The topological polar surface area (TPSA) is 37.3 Å². The summed E-state index contributed by atoms with van der Waals surface area (Å²) in [6.07, 6.45) is 0.345. The molecule has 0 amide bonds. The second-order valence-corrected chi connectivity index (χ2v) is 4.17. The lowest BCUT2D eigenvalue weighted by atomic mass is 10.0. The van der Waals surface area contributed by atoms with Crippen molar-refractivity contribution in [2.45, 2.75) is 11.8 Å². The maximum absolute atomic E-state index is 10.7. The third-order valence-electron chi connectivity index (χ3n) is 2.55. The highest BCUT2D eigenvalue weighted by Crippen LogP contribution is 2.20. The van der Waals surface area contributed by atoms with Crippen LogP contribution in [0.1, 0.15) is 5.56 Å². The molecule has 0 aliphatic rings. The molecular formula is C13H11ClO2. The lowest BCUT2D eigenvalue weighted by molar-refractivity contribution is -0.136. The number of alkyl halides is 1. The van der Waals surface area contributed by atoms with Gasteiger partial charge in [0, 0.05) is 6.42 Å². The quantitative estimate of drug-likeness (QED) is 0.829. The van der Waals surface area contributed by atoms with Gasteiger partial charge in [0.1, 0.15) is 5.38 Å². The fraction of sp³-hybridized carbons (Fsp3) is 0.154. The average Bonchev–Trinajstić information content (AvgIpc) is 2.29. The van der Waals surface area contributed by atoms with Gasteiger partial charge in [0.25, 0.3) is 0 Å². The minimum Gasteiger partial charge on any atom is -0.480 e. The molecule has 2 aromatic carbocycles. The van der Waals surface area contributed by atoms with Gasteiger partial charge in [-0.2, -0.15) is 0 Å². The summed E-state index contributed by atoms with van der Waals surface area (Å²) in [4.78, 5) is 10.7. The van der Waals surface area contributed by atoms with Crippen molar-refractivity contribution in [2.24, 2.45) is 0 Å². The van der Waals surface area contributed by atoms with Crippen molar-refractivity contribution < 1.29 is 9.90 Å². The Morgan fingerprint density at radius 2 is 1.88 bits per heavy atom. The number of carbonyl (C=O) groups is 1. The number of rotatable bonds is 3. The van der Waals surface area contributed by atoms with Crippen LogP contribution in [-0.2, 0) is 11.2 Å². The van der Waals surface area contributed by atoms with Gasteiger partial charge in [-0.1, -0.05) is 42.5 Å². The van der Waals surface area contributed by atoms with Crippen molar-refractivity contribution in [3.63, 3.8) is 0 Å². The molecule has 16 heavy (non-hydrogen) atoms. The zero-order valence-corrected chi connectivity index (χ0v) is 9.32. The van der Waals surface area contributed by atoms with E-state index in [1.165, 1.54) is 0 Å². The van der Waals surface area contributed by atoms with Gasteiger partial charge in [0.15, 0.2) is 0 Å².